The van der Waals surface area contributed by atoms with Crippen LogP contribution in [0.1, 0.15) is 20.7 Å². The van der Waals surface area contributed by atoms with Crippen molar-refractivity contribution in [3.8, 4) is 0 Å². The molecule has 20 heavy (non-hydrogen) atoms. The molecule has 0 radical (unpaired) electrons. The van der Waals surface area contributed by atoms with Crippen molar-refractivity contribution in [2.45, 2.75) is 0 Å². The van der Waals surface area contributed by atoms with E-state index in [0.29, 0.717) is 0 Å². The SMILES string of the molecule is O=C(O)c1ccc(F)cc1.O=C(O)c1ccccc1F. The molecule has 0 aliphatic carbocycles. The van der Waals surface area contributed by atoms with Crippen LogP contribution in [0.25, 0.3) is 0 Å². The molecule has 2 aromatic rings. The van der Waals surface area contributed by atoms with E-state index in [1.807, 2.05) is 0 Å². The molecule has 2 rings (SSSR count). The zero-order valence-corrected chi connectivity index (χ0v) is 10.1. The van der Waals surface area contributed by atoms with Crippen LogP contribution in [0.2, 0.25) is 0 Å². The van der Waals surface area contributed by atoms with Gasteiger partial charge < -0.3 is 10.2 Å². The van der Waals surface area contributed by atoms with Crippen molar-refractivity contribution in [1.29, 1.82) is 0 Å². The van der Waals surface area contributed by atoms with Gasteiger partial charge in [-0.25, -0.2) is 18.4 Å². The van der Waals surface area contributed by atoms with Crippen LogP contribution >= 0.6 is 0 Å². The van der Waals surface area contributed by atoms with Crippen LogP contribution in [0, 0.1) is 11.6 Å². The van der Waals surface area contributed by atoms with Crippen molar-refractivity contribution >= 4 is 11.9 Å². The molecule has 0 saturated carbocycles. The lowest BCUT2D eigenvalue weighted by Gasteiger charge is -1.92. The molecule has 4 nitrogen and oxygen atoms in total. The normalized spacial score (nSPS) is 9.30. The van der Waals surface area contributed by atoms with Gasteiger partial charge in [0, 0.05) is 0 Å². The molecule has 0 bridgehead atoms. The molecule has 104 valence electrons. The van der Waals surface area contributed by atoms with Crippen LogP contribution in [0.4, 0.5) is 8.78 Å². The van der Waals surface area contributed by atoms with Crippen LogP contribution in [0.3, 0.4) is 0 Å². The van der Waals surface area contributed by atoms with Crippen molar-refractivity contribution in [3.63, 3.8) is 0 Å². The summed E-state index contributed by atoms with van der Waals surface area (Å²) in [7, 11) is 0. The molecule has 0 fully saturated rings. The predicted octanol–water partition coefficient (Wildman–Crippen LogP) is 3.05. The minimum Gasteiger partial charge on any atom is -0.478 e. The molecule has 2 aromatic carbocycles. The Morgan fingerprint density at radius 1 is 0.800 bits per heavy atom. The van der Waals surface area contributed by atoms with E-state index in [1.165, 1.54) is 30.3 Å². The molecule has 0 unspecified atom stereocenters. The van der Waals surface area contributed by atoms with Gasteiger partial charge in [-0.2, -0.15) is 0 Å². The number of carboxylic acids is 2. The summed E-state index contributed by atoms with van der Waals surface area (Å²) in [5.41, 5.74) is -0.191. The second-order valence-electron chi connectivity index (χ2n) is 3.60. The maximum absolute atomic E-state index is 12.5. The van der Waals surface area contributed by atoms with E-state index in [-0.39, 0.29) is 11.1 Å². The Labute approximate surface area is 112 Å². The Hall–Kier alpha value is -2.76. The Kier molecular flexibility index (Phi) is 5.34. The number of benzene rings is 2. The highest BCUT2D eigenvalue weighted by atomic mass is 19.1. The van der Waals surface area contributed by atoms with Gasteiger partial charge in [-0.3, -0.25) is 0 Å². The zero-order chi connectivity index (χ0) is 15.1. The molecule has 0 spiro atoms. The number of hydrogen-bond acceptors (Lipinski definition) is 2. The van der Waals surface area contributed by atoms with E-state index in [1.54, 1.807) is 0 Å². The molecule has 0 amide bonds. The van der Waals surface area contributed by atoms with Gasteiger partial charge in [-0.05, 0) is 36.4 Å². The predicted molar refractivity (Wildman–Crippen MR) is 66.7 cm³/mol. The summed E-state index contributed by atoms with van der Waals surface area (Å²) < 4.78 is 24.6. The number of carbonyl (C=O) groups is 2. The smallest absolute Gasteiger partial charge is 0.338 e. The number of carboxylic acid groups (broad SMARTS) is 2. The second-order valence-corrected chi connectivity index (χ2v) is 3.60. The Morgan fingerprint density at radius 2 is 1.35 bits per heavy atom. The van der Waals surface area contributed by atoms with Crippen LogP contribution < -0.4 is 0 Å². The van der Waals surface area contributed by atoms with E-state index < -0.39 is 23.6 Å². The average molecular weight is 280 g/mol. The van der Waals surface area contributed by atoms with E-state index >= 15 is 0 Å². The fraction of sp³-hybridized carbons (Fsp3) is 0. The molecule has 0 heterocycles. The zero-order valence-electron chi connectivity index (χ0n) is 10.1. The third kappa shape index (κ3) is 4.49. The van der Waals surface area contributed by atoms with E-state index in [0.717, 1.165) is 18.2 Å². The summed E-state index contributed by atoms with van der Waals surface area (Å²) in [6, 6.07) is 9.93. The fourth-order valence-electron chi connectivity index (χ4n) is 1.23. The van der Waals surface area contributed by atoms with Gasteiger partial charge in [0.05, 0.1) is 11.1 Å². The Morgan fingerprint density at radius 3 is 1.75 bits per heavy atom. The Bertz CT molecular complexity index is 609. The van der Waals surface area contributed by atoms with Crippen LogP contribution in [0.15, 0.2) is 48.5 Å². The van der Waals surface area contributed by atoms with Gasteiger partial charge in [0.25, 0.3) is 0 Å². The van der Waals surface area contributed by atoms with Crippen LogP contribution in [-0.2, 0) is 0 Å². The van der Waals surface area contributed by atoms with Gasteiger partial charge >= 0.3 is 11.9 Å². The van der Waals surface area contributed by atoms with E-state index in [9.17, 15) is 18.4 Å². The number of hydrogen-bond donors (Lipinski definition) is 2. The molecule has 0 aromatic heterocycles. The molecule has 0 aliphatic heterocycles. The third-order valence-electron chi connectivity index (χ3n) is 2.20. The first kappa shape index (κ1) is 15.3. The highest BCUT2D eigenvalue weighted by Crippen LogP contribution is 2.04. The number of halogens is 2. The highest BCUT2D eigenvalue weighted by Gasteiger charge is 2.06. The van der Waals surface area contributed by atoms with Crippen molar-refractivity contribution < 1.29 is 28.6 Å². The van der Waals surface area contributed by atoms with Crippen molar-refractivity contribution in [3.05, 3.63) is 71.3 Å². The monoisotopic (exact) mass is 280 g/mol. The molecule has 0 saturated heterocycles. The summed E-state index contributed by atoms with van der Waals surface area (Å²) in [6.07, 6.45) is 0. The lowest BCUT2D eigenvalue weighted by Crippen LogP contribution is -1.98. The maximum Gasteiger partial charge on any atom is 0.338 e. The van der Waals surface area contributed by atoms with Crippen LogP contribution in [-0.4, -0.2) is 22.2 Å². The number of rotatable bonds is 2. The van der Waals surface area contributed by atoms with Gasteiger partial charge in [-0.1, -0.05) is 12.1 Å². The number of aromatic carboxylic acids is 2. The van der Waals surface area contributed by atoms with Crippen molar-refractivity contribution in [2.24, 2.45) is 0 Å². The summed E-state index contributed by atoms with van der Waals surface area (Å²) in [5, 5.41) is 16.7. The van der Waals surface area contributed by atoms with Crippen molar-refractivity contribution in [1.82, 2.24) is 0 Å². The lowest BCUT2D eigenvalue weighted by atomic mass is 10.2. The first-order valence-corrected chi connectivity index (χ1v) is 5.38. The molecule has 0 atom stereocenters. The van der Waals surface area contributed by atoms with Crippen molar-refractivity contribution in [2.75, 3.05) is 0 Å². The summed E-state index contributed by atoms with van der Waals surface area (Å²) in [6.45, 7) is 0. The third-order valence-corrected chi connectivity index (χ3v) is 2.20. The quantitative estimate of drug-likeness (QED) is 0.886. The van der Waals surface area contributed by atoms with E-state index in [2.05, 4.69) is 0 Å². The largest absolute Gasteiger partial charge is 0.478 e. The first-order chi connectivity index (χ1) is 9.41. The first-order valence-electron chi connectivity index (χ1n) is 5.38. The van der Waals surface area contributed by atoms with Crippen LogP contribution in [0.5, 0.6) is 0 Å². The standard InChI is InChI=1S/2C7H5FO2/c8-6-3-1-5(2-4-6)7(9)10;8-6-4-2-1-3-5(6)7(9)10/h2*1-4H,(H,9,10). The lowest BCUT2D eigenvalue weighted by molar-refractivity contribution is 0.0683. The summed E-state index contributed by atoms with van der Waals surface area (Å²) >= 11 is 0. The van der Waals surface area contributed by atoms with Gasteiger partial charge in [-0.15, -0.1) is 0 Å². The molecule has 6 heteroatoms. The fourth-order valence-corrected chi connectivity index (χ4v) is 1.23. The summed E-state index contributed by atoms with van der Waals surface area (Å²) in [4.78, 5) is 20.4. The maximum atomic E-state index is 12.5. The minimum absolute atomic E-state index is 0.0985. The minimum atomic E-state index is -1.24. The topological polar surface area (TPSA) is 74.6 Å². The van der Waals surface area contributed by atoms with Gasteiger partial charge in [0.15, 0.2) is 0 Å². The molecule has 2 N–H and O–H groups in total. The Balaban J connectivity index is 0.000000200. The molecule has 0 aliphatic rings. The highest BCUT2D eigenvalue weighted by molar-refractivity contribution is 5.88. The van der Waals surface area contributed by atoms with Gasteiger partial charge in [0.2, 0.25) is 0 Å². The second kappa shape index (κ2) is 6.98. The van der Waals surface area contributed by atoms with E-state index in [4.69, 9.17) is 10.2 Å². The molecular formula is C14H10F2O4. The molecular weight excluding hydrogens is 270 g/mol. The average Bonchev–Trinajstić information content (AvgIpc) is 2.40. The summed E-state index contributed by atoms with van der Waals surface area (Å²) in [5.74, 6) is -3.40. The van der Waals surface area contributed by atoms with Gasteiger partial charge in [0.1, 0.15) is 11.6 Å².